The Hall–Kier alpha value is -2.32. The number of carboxylic acid groups (broad SMARTS) is 1. The average molecular weight is 292 g/mol. The number of nitrogens with zero attached hydrogens (tertiary/aromatic N) is 2. The van der Waals surface area contributed by atoms with Gasteiger partial charge in [0.15, 0.2) is 0 Å². The summed E-state index contributed by atoms with van der Waals surface area (Å²) in [4.78, 5) is 10.6. The summed E-state index contributed by atoms with van der Waals surface area (Å²) >= 11 is 0. The molecule has 0 fully saturated rings. The van der Waals surface area contributed by atoms with Gasteiger partial charge in [0.2, 0.25) is 5.76 Å². The van der Waals surface area contributed by atoms with Gasteiger partial charge in [0, 0.05) is 0 Å². The Kier molecular flexibility index (Phi) is 3.77. The van der Waals surface area contributed by atoms with Crippen molar-refractivity contribution in [2.75, 3.05) is 0 Å². The van der Waals surface area contributed by atoms with Crippen LogP contribution in [0, 0.1) is 0 Å². The third-order valence-electron chi connectivity index (χ3n) is 2.46. The fourth-order valence-electron chi connectivity index (χ4n) is 1.59. The number of furan rings is 1. The number of aromatic nitrogens is 2. The maximum absolute atomic E-state index is 12.7. The predicted octanol–water partition coefficient (Wildman–Crippen LogP) is 3.10. The van der Waals surface area contributed by atoms with Crippen LogP contribution < -0.4 is 0 Å². The first-order valence-electron chi connectivity index (χ1n) is 5.34. The minimum atomic E-state index is -2.98. The number of rotatable bonds is 5. The maximum Gasteiger partial charge on any atom is 0.371 e. The lowest BCUT2D eigenvalue weighted by molar-refractivity contribution is 0.0659. The molecular formula is C11H8F4N2O3. The molecule has 0 aliphatic rings. The van der Waals surface area contributed by atoms with Crippen LogP contribution in [0.3, 0.4) is 0 Å². The first-order valence-corrected chi connectivity index (χ1v) is 5.34. The van der Waals surface area contributed by atoms with E-state index in [1.165, 1.54) is 6.07 Å². The molecule has 9 heteroatoms. The Morgan fingerprint density at radius 3 is 2.50 bits per heavy atom. The highest BCUT2D eigenvalue weighted by Crippen LogP contribution is 2.25. The zero-order valence-electron chi connectivity index (χ0n) is 9.76. The summed E-state index contributed by atoms with van der Waals surface area (Å²) in [5.41, 5.74) is -1.46. The fourth-order valence-corrected chi connectivity index (χ4v) is 1.59. The van der Waals surface area contributed by atoms with Gasteiger partial charge in [-0.1, -0.05) is 0 Å². The quantitative estimate of drug-likeness (QED) is 0.860. The van der Waals surface area contributed by atoms with E-state index in [2.05, 4.69) is 5.10 Å². The van der Waals surface area contributed by atoms with Gasteiger partial charge in [-0.2, -0.15) is 5.10 Å². The third kappa shape index (κ3) is 2.81. The fraction of sp³-hybridized carbons (Fsp3) is 0.273. The molecule has 0 amide bonds. The lowest BCUT2D eigenvalue weighted by Crippen LogP contribution is -2.06. The number of alkyl halides is 4. The first-order chi connectivity index (χ1) is 9.38. The predicted molar refractivity (Wildman–Crippen MR) is 56.9 cm³/mol. The summed E-state index contributed by atoms with van der Waals surface area (Å²) in [7, 11) is 0. The molecule has 0 saturated carbocycles. The Morgan fingerprint density at radius 2 is 2.00 bits per heavy atom. The van der Waals surface area contributed by atoms with Gasteiger partial charge in [0.25, 0.3) is 12.9 Å². The molecule has 108 valence electrons. The number of carboxylic acids is 1. The highest BCUT2D eigenvalue weighted by atomic mass is 19.3. The minimum Gasteiger partial charge on any atom is -0.475 e. The summed E-state index contributed by atoms with van der Waals surface area (Å²) in [6.45, 7) is -0.361. The lowest BCUT2D eigenvalue weighted by atomic mass is 10.3. The number of hydrogen-bond donors (Lipinski definition) is 1. The molecule has 0 saturated heterocycles. The van der Waals surface area contributed by atoms with Crippen LogP contribution in [-0.2, 0) is 6.54 Å². The SMILES string of the molecule is O=C(O)c1ccc(Cn2nc(C(F)F)cc2C(F)F)o1. The van der Waals surface area contributed by atoms with Crippen LogP contribution in [0.1, 0.15) is 40.6 Å². The van der Waals surface area contributed by atoms with Crippen LogP contribution in [-0.4, -0.2) is 20.9 Å². The van der Waals surface area contributed by atoms with Crippen LogP contribution in [0.4, 0.5) is 17.6 Å². The van der Waals surface area contributed by atoms with Crippen LogP contribution in [0.5, 0.6) is 0 Å². The van der Waals surface area contributed by atoms with Crippen molar-refractivity contribution in [3.05, 3.63) is 41.1 Å². The van der Waals surface area contributed by atoms with Crippen molar-refractivity contribution in [1.29, 1.82) is 0 Å². The van der Waals surface area contributed by atoms with E-state index >= 15 is 0 Å². The summed E-state index contributed by atoms with van der Waals surface area (Å²) < 4.78 is 55.8. The third-order valence-corrected chi connectivity index (χ3v) is 2.46. The van der Waals surface area contributed by atoms with E-state index in [0.29, 0.717) is 10.7 Å². The first kappa shape index (κ1) is 14.1. The zero-order chi connectivity index (χ0) is 14.9. The second-order valence-electron chi connectivity index (χ2n) is 3.82. The van der Waals surface area contributed by atoms with Gasteiger partial charge >= 0.3 is 5.97 Å². The Morgan fingerprint density at radius 1 is 1.30 bits per heavy atom. The maximum atomic E-state index is 12.7. The molecule has 5 nitrogen and oxygen atoms in total. The average Bonchev–Trinajstić information content (AvgIpc) is 2.96. The molecule has 2 rings (SSSR count). The Balaban J connectivity index is 2.29. The second-order valence-corrected chi connectivity index (χ2v) is 3.82. The van der Waals surface area contributed by atoms with E-state index in [0.717, 1.165) is 6.07 Å². The van der Waals surface area contributed by atoms with Gasteiger partial charge in [-0.15, -0.1) is 0 Å². The normalized spacial score (nSPS) is 11.5. The van der Waals surface area contributed by atoms with Gasteiger partial charge in [0.05, 0.1) is 6.54 Å². The van der Waals surface area contributed by atoms with Crippen molar-refractivity contribution in [1.82, 2.24) is 9.78 Å². The van der Waals surface area contributed by atoms with Crippen molar-refractivity contribution in [3.63, 3.8) is 0 Å². The summed E-state index contributed by atoms with van der Waals surface area (Å²) in [6, 6.07) is 3.00. The second kappa shape index (κ2) is 5.35. The highest BCUT2D eigenvalue weighted by molar-refractivity contribution is 5.84. The number of aromatic carboxylic acids is 1. The Bertz CT molecular complexity index is 621. The summed E-state index contributed by atoms with van der Waals surface area (Å²) in [6.07, 6.45) is -5.95. The molecule has 0 unspecified atom stereocenters. The van der Waals surface area contributed by atoms with Crippen LogP contribution in [0.15, 0.2) is 22.6 Å². The highest BCUT2D eigenvalue weighted by Gasteiger charge is 2.22. The van der Waals surface area contributed by atoms with Gasteiger partial charge in [-0.25, -0.2) is 22.4 Å². The van der Waals surface area contributed by atoms with Crippen molar-refractivity contribution in [3.8, 4) is 0 Å². The van der Waals surface area contributed by atoms with E-state index in [1.54, 1.807) is 0 Å². The van der Waals surface area contributed by atoms with Crippen molar-refractivity contribution in [2.24, 2.45) is 0 Å². The topological polar surface area (TPSA) is 68.3 Å². The standard InChI is InChI=1S/C11H8F4N2O3/c12-9(13)6-3-7(10(14)15)17(16-6)4-5-1-2-8(20-5)11(18)19/h1-3,9-10H,4H2,(H,18,19). The summed E-state index contributed by atoms with van der Waals surface area (Å²) in [5.74, 6) is -1.67. The minimum absolute atomic E-state index is 0.0215. The smallest absolute Gasteiger partial charge is 0.371 e. The van der Waals surface area contributed by atoms with Crippen molar-refractivity contribution < 1.29 is 31.9 Å². The molecule has 0 atom stereocenters. The van der Waals surface area contributed by atoms with E-state index in [-0.39, 0.29) is 18.1 Å². The van der Waals surface area contributed by atoms with E-state index in [1.807, 2.05) is 0 Å². The van der Waals surface area contributed by atoms with Gasteiger partial charge in [0.1, 0.15) is 17.1 Å². The Labute approximate surface area is 109 Å². The van der Waals surface area contributed by atoms with E-state index in [4.69, 9.17) is 9.52 Å². The lowest BCUT2D eigenvalue weighted by Gasteiger charge is -2.04. The molecule has 20 heavy (non-hydrogen) atoms. The largest absolute Gasteiger partial charge is 0.475 e. The molecular weight excluding hydrogens is 284 g/mol. The molecule has 0 aliphatic carbocycles. The summed E-state index contributed by atoms with van der Waals surface area (Å²) in [5, 5.41) is 12.0. The van der Waals surface area contributed by atoms with Gasteiger partial charge < -0.3 is 9.52 Å². The molecule has 0 aliphatic heterocycles. The van der Waals surface area contributed by atoms with Crippen molar-refractivity contribution in [2.45, 2.75) is 19.4 Å². The monoisotopic (exact) mass is 292 g/mol. The van der Waals surface area contributed by atoms with Crippen LogP contribution in [0.25, 0.3) is 0 Å². The van der Waals surface area contributed by atoms with Gasteiger partial charge in [-0.05, 0) is 18.2 Å². The molecule has 0 bridgehead atoms. The van der Waals surface area contributed by atoms with Crippen LogP contribution >= 0.6 is 0 Å². The molecule has 0 spiro atoms. The molecule has 2 heterocycles. The molecule has 1 N–H and O–H groups in total. The van der Waals surface area contributed by atoms with E-state index < -0.39 is 30.2 Å². The molecule has 0 aromatic carbocycles. The number of hydrogen-bond acceptors (Lipinski definition) is 3. The molecule has 2 aromatic rings. The molecule has 0 radical (unpaired) electrons. The molecule has 2 aromatic heterocycles. The van der Waals surface area contributed by atoms with Crippen LogP contribution in [0.2, 0.25) is 0 Å². The van der Waals surface area contributed by atoms with E-state index in [9.17, 15) is 22.4 Å². The number of halogens is 4. The van der Waals surface area contributed by atoms with Gasteiger partial charge in [-0.3, -0.25) is 4.68 Å². The number of carbonyl (C=O) groups is 1. The van der Waals surface area contributed by atoms with Crippen molar-refractivity contribution >= 4 is 5.97 Å². The zero-order valence-corrected chi connectivity index (χ0v) is 9.76.